The molecule has 1 saturated heterocycles. The molecule has 1 N–H and O–H groups in total. The molecule has 0 aromatic heterocycles. The van der Waals surface area contributed by atoms with Gasteiger partial charge in [0.25, 0.3) is 0 Å². The van der Waals surface area contributed by atoms with Crippen LogP contribution in [0.2, 0.25) is 0 Å². The standard InChI is InChI=1S/C12H23NO/c1-2-10-5-3-7-12(10)13-9-11-6-4-8-14-11/h10-13H,2-9H2,1H3. The van der Waals surface area contributed by atoms with Gasteiger partial charge in [0.15, 0.2) is 0 Å². The molecule has 3 unspecified atom stereocenters. The zero-order valence-corrected chi connectivity index (χ0v) is 9.30. The monoisotopic (exact) mass is 197 g/mol. The van der Waals surface area contributed by atoms with Gasteiger partial charge in [-0.2, -0.15) is 0 Å². The fourth-order valence-corrected chi connectivity index (χ4v) is 2.88. The van der Waals surface area contributed by atoms with Gasteiger partial charge < -0.3 is 10.1 Å². The lowest BCUT2D eigenvalue weighted by Gasteiger charge is -2.21. The second kappa shape index (κ2) is 5.13. The topological polar surface area (TPSA) is 21.3 Å². The molecule has 2 aliphatic rings. The zero-order valence-electron chi connectivity index (χ0n) is 9.30. The van der Waals surface area contributed by atoms with Crippen molar-refractivity contribution in [1.82, 2.24) is 5.32 Å². The van der Waals surface area contributed by atoms with Crippen LogP contribution in [0.25, 0.3) is 0 Å². The van der Waals surface area contributed by atoms with Crippen molar-refractivity contribution in [3.05, 3.63) is 0 Å². The zero-order chi connectivity index (χ0) is 9.80. The summed E-state index contributed by atoms with van der Waals surface area (Å²) in [5.74, 6) is 0.927. The van der Waals surface area contributed by atoms with E-state index in [0.717, 1.165) is 25.1 Å². The summed E-state index contributed by atoms with van der Waals surface area (Å²) in [4.78, 5) is 0. The minimum absolute atomic E-state index is 0.508. The average molecular weight is 197 g/mol. The van der Waals surface area contributed by atoms with Crippen LogP contribution in [0.3, 0.4) is 0 Å². The predicted octanol–water partition coefficient (Wildman–Crippen LogP) is 2.33. The lowest BCUT2D eigenvalue weighted by atomic mass is 10.0. The van der Waals surface area contributed by atoms with Gasteiger partial charge in [0.1, 0.15) is 0 Å². The summed E-state index contributed by atoms with van der Waals surface area (Å²) in [5.41, 5.74) is 0. The molecule has 2 fully saturated rings. The molecule has 1 aliphatic carbocycles. The van der Waals surface area contributed by atoms with Crippen molar-refractivity contribution in [1.29, 1.82) is 0 Å². The van der Waals surface area contributed by atoms with Gasteiger partial charge in [-0.3, -0.25) is 0 Å². The number of hydrogen-bond acceptors (Lipinski definition) is 2. The van der Waals surface area contributed by atoms with Gasteiger partial charge in [-0.25, -0.2) is 0 Å². The Morgan fingerprint density at radius 2 is 2.14 bits per heavy atom. The van der Waals surface area contributed by atoms with Crippen molar-refractivity contribution in [2.75, 3.05) is 13.2 Å². The molecule has 82 valence electrons. The minimum atomic E-state index is 0.508. The van der Waals surface area contributed by atoms with Crippen LogP contribution in [0, 0.1) is 5.92 Å². The van der Waals surface area contributed by atoms with Crippen LogP contribution in [-0.2, 0) is 4.74 Å². The Labute approximate surface area is 87.4 Å². The Balaban J connectivity index is 1.68. The van der Waals surface area contributed by atoms with E-state index >= 15 is 0 Å². The highest BCUT2D eigenvalue weighted by Crippen LogP contribution is 2.28. The molecular weight excluding hydrogens is 174 g/mol. The molecule has 0 aromatic rings. The largest absolute Gasteiger partial charge is 0.377 e. The molecule has 0 bridgehead atoms. The second-order valence-electron chi connectivity index (χ2n) is 4.75. The third-order valence-corrected chi connectivity index (χ3v) is 3.82. The number of hydrogen-bond donors (Lipinski definition) is 1. The maximum Gasteiger partial charge on any atom is 0.0700 e. The van der Waals surface area contributed by atoms with Crippen LogP contribution in [0.4, 0.5) is 0 Å². The van der Waals surface area contributed by atoms with Crippen LogP contribution in [0.1, 0.15) is 45.4 Å². The fourth-order valence-electron chi connectivity index (χ4n) is 2.88. The Morgan fingerprint density at radius 1 is 1.21 bits per heavy atom. The molecule has 0 spiro atoms. The van der Waals surface area contributed by atoms with Crippen molar-refractivity contribution < 1.29 is 4.74 Å². The van der Waals surface area contributed by atoms with Crippen molar-refractivity contribution in [2.24, 2.45) is 5.92 Å². The van der Waals surface area contributed by atoms with Gasteiger partial charge >= 0.3 is 0 Å². The van der Waals surface area contributed by atoms with E-state index in [1.54, 1.807) is 0 Å². The first-order valence-electron chi connectivity index (χ1n) is 6.25. The van der Waals surface area contributed by atoms with E-state index < -0.39 is 0 Å². The molecule has 2 nitrogen and oxygen atoms in total. The van der Waals surface area contributed by atoms with E-state index in [4.69, 9.17) is 4.74 Å². The van der Waals surface area contributed by atoms with E-state index in [1.807, 2.05) is 0 Å². The van der Waals surface area contributed by atoms with Gasteiger partial charge in [-0.15, -0.1) is 0 Å². The van der Waals surface area contributed by atoms with Gasteiger partial charge in [0.05, 0.1) is 6.10 Å². The first-order chi connectivity index (χ1) is 6.90. The summed E-state index contributed by atoms with van der Waals surface area (Å²) < 4.78 is 5.62. The molecular formula is C12H23NO. The Bertz CT molecular complexity index is 166. The highest BCUT2D eigenvalue weighted by Gasteiger charge is 2.26. The Hall–Kier alpha value is -0.0800. The van der Waals surface area contributed by atoms with Crippen molar-refractivity contribution in [3.8, 4) is 0 Å². The molecule has 2 heteroatoms. The second-order valence-corrected chi connectivity index (χ2v) is 4.75. The lowest BCUT2D eigenvalue weighted by Crippen LogP contribution is -2.37. The van der Waals surface area contributed by atoms with Gasteiger partial charge in [-0.1, -0.05) is 19.8 Å². The third-order valence-electron chi connectivity index (χ3n) is 3.82. The summed E-state index contributed by atoms with van der Waals surface area (Å²) in [6, 6.07) is 0.782. The summed E-state index contributed by atoms with van der Waals surface area (Å²) >= 11 is 0. The smallest absolute Gasteiger partial charge is 0.0700 e. The number of nitrogens with one attached hydrogen (secondary N) is 1. The maximum atomic E-state index is 5.62. The van der Waals surface area contributed by atoms with Crippen LogP contribution in [0.5, 0.6) is 0 Å². The van der Waals surface area contributed by atoms with E-state index in [-0.39, 0.29) is 0 Å². The highest BCUT2D eigenvalue weighted by atomic mass is 16.5. The number of rotatable bonds is 4. The number of ether oxygens (including phenoxy) is 1. The quantitative estimate of drug-likeness (QED) is 0.747. The minimum Gasteiger partial charge on any atom is -0.377 e. The van der Waals surface area contributed by atoms with Gasteiger partial charge in [0, 0.05) is 19.2 Å². The van der Waals surface area contributed by atoms with E-state index in [1.165, 1.54) is 38.5 Å². The normalized spacial score (nSPS) is 37.9. The highest BCUT2D eigenvalue weighted by molar-refractivity contribution is 4.83. The fraction of sp³-hybridized carbons (Fsp3) is 1.00. The van der Waals surface area contributed by atoms with E-state index in [2.05, 4.69) is 12.2 Å². The van der Waals surface area contributed by atoms with Gasteiger partial charge in [0.2, 0.25) is 0 Å². The molecule has 1 heterocycles. The molecule has 0 aromatic carbocycles. The predicted molar refractivity (Wildman–Crippen MR) is 58.4 cm³/mol. The molecule has 1 saturated carbocycles. The van der Waals surface area contributed by atoms with E-state index in [0.29, 0.717) is 6.10 Å². The molecule has 0 radical (unpaired) electrons. The Kier molecular flexibility index (Phi) is 3.82. The first kappa shape index (κ1) is 10.4. The first-order valence-corrected chi connectivity index (χ1v) is 6.25. The van der Waals surface area contributed by atoms with Crippen LogP contribution < -0.4 is 5.32 Å². The average Bonchev–Trinajstić information content (AvgIpc) is 2.85. The molecule has 14 heavy (non-hydrogen) atoms. The van der Waals surface area contributed by atoms with Crippen LogP contribution >= 0.6 is 0 Å². The summed E-state index contributed by atoms with van der Waals surface area (Å²) in [7, 11) is 0. The lowest BCUT2D eigenvalue weighted by molar-refractivity contribution is 0.106. The van der Waals surface area contributed by atoms with Crippen molar-refractivity contribution in [3.63, 3.8) is 0 Å². The van der Waals surface area contributed by atoms with Crippen molar-refractivity contribution >= 4 is 0 Å². The van der Waals surface area contributed by atoms with Crippen LogP contribution in [0.15, 0.2) is 0 Å². The summed E-state index contributed by atoms with van der Waals surface area (Å²) in [5, 5.41) is 3.70. The SMILES string of the molecule is CCC1CCCC1NCC1CCCO1. The molecule has 2 rings (SSSR count). The molecule has 1 aliphatic heterocycles. The summed E-state index contributed by atoms with van der Waals surface area (Å²) in [6.07, 6.45) is 8.59. The molecule has 3 atom stereocenters. The van der Waals surface area contributed by atoms with Crippen LogP contribution in [-0.4, -0.2) is 25.3 Å². The van der Waals surface area contributed by atoms with Gasteiger partial charge in [-0.05, 0) is 31.6 Å². The third kappa shape index (κ3) is 2.48. The Morgan fingerprint density at radius 3 is 2.86 bits per heavy atom. The van der Waals surface area contributed by atoms with E-state index in [9.17, 15) is 0 Å². The van der Waals surface area contributed by atoms with Crippen molar-refractivity contribution in [2.45, 2.75) is 57.6 Å². The maximum absolute atomic E-state index is 5.62. The summed E-state index contributed by atoms with van der Waals surface area (Å²) in [6.45, 7) is 4.38. The molecule has 0 amide bonds.